The molecule has 0 amide bonds. The number of hydrogen-bond acceptors (Lipinski definition) is 4. The lowest BCUT2D eigenvalue weighted by Gasteiger charge is -2.11. The molecule has 0 unspecified atom stereocenters. The summed E-state index contributed by atoms with van der Waals surface area (Å²) in [6.07, 6.45) is 4.32. The summed E-state index contributed by atoms with van der Waals surface area (Å²) in [7, 11) is 0. The highest BCUT2D eigenvalue weighted by atomic mass is 127. The first kappa shape index (κ1) is 22.1. The molecule has 7 nitrogen and oxygen atoms in total. The largest absolute Gasteiger partial charge is 0.357 e. The van der Waals surface area contributed by atoms with Crippen LogP contribution in [0.2, 0.25) is 5.15 Å². The molecule has 0 spiro atoms. The molecule has 2 heterocycles. The molecule has 0 atom stereocenters. The molecule has 0 aliphatic heterocycles. The smallest absolute Gasteiger partial charge is 0.191 e. The van der Waals surface area contributed by atoms with Crippen LogP contribution in [0.15, 0.2) is 60.0 Å². The predicted molar refractivity (Wildman–Crippen MR) is 123 cm³/mol. The summed E-state index contributed by atoms with van der Waals surface area (Å²) in [6.45, 7) is 3.97. The molecule has 0 saturated heterocycles. The lowest BCUT2D eigenvalue weighted by Crippen LogP contribution is -2.38. The Kier molecular flexibility index (Phi) is 9.15. The van der Waals surface area contributed by atoms with Crippen LogP contribution in [0, 0.1) is 0 Å². The van der Waals surface area contributed by atoms with Gasteiger partial charge in [0.2, 0.25) is 0 Å². The van der Waals surface area contributed by atoms with Crippen LogP contribution >= 0.6 is 35.6 Å². The van der Waals surface area contributed by atoms with Gasteiger partial charge in [0.05, 0.1) is 0 Å². The maximum Gasteiger partial charge on any atom is 0.191 e. The standard InChI is InChI=1S/C19H22ClN7.HI/c1-2-21-19(22-11-10-15-8-9-17(20)23-12-15)24-13-18-26-25-14-27(18)16-6-4-3-5-7-16;/h3-9,12,14H,2,10-11,13H2,1H3,(H2,21,22,24);1H. The van der Waals surface area contributed by atoms with E-state index < -0.39 is 0 Å². The highest BCUT2D eigenvalue weighted by molar-refractivity contribution is 14.0. The van der Waals surface area contributed by atoms with Crippen LogP contribution in [0.25, 0.3) is 5.69 Å². The van der Waals surface area contributed by atoms with E-state index in [4.69, 9.17) is 11.6 Å². The highest BCUT2D eigenvalue weighted by Crippen LogP contribution is 2.09. The zero-order valence-electron chi connectivity index (χ0n) is 15.5. The van der Waals surface area contributed by atoms with Crippen molar-refractivity contribution in [1.82, 2.24) is 30.4 Å². The van der Waals surface area contributed by atoms with Gasteiger partial charge in [0, 0.05) is 25.0 Å². The third kappa shape index (κ3) is 6.45. The molecular weight excluding hydrogens is 489 g/mol. The molecule has 28 heavy (non-hydrogen) atoms. The number of guanidine groups is 1. The number of pyridine rings is 1. The summed E-state index contributed by atoms with van der Waals surface area (Å²) in [6, 6.07) is 13.8. The molecule has 0 bridgehead atoms. The monoisotopic (exact) mass is 511 g/mol. The maximum absolute atomic E-state index is 5.82. The van der Waals surface area contributed by atoms with Gasteiger partial charge in [0.15, 0.2) is 11.8 Å². The minimum Gasteiger partial charge on any atom is -0.357 e. The van der Waals surface area contributed by atoms with Crippen molar-refractivity contribution >= 4 is 41.5 Å². The Labute approximate surface area is 186 Å². The molecular formula is C19H23ClIN7. The van der Waals surface area contributed by atoms with Gasteiger partial charge in [-0.2, -0.15) is 0 Å². The van der Waals surface area contributed by atoms with E-state index in [1.807, 2.05) is 47.9 Å². The number of benzene rings is 1. The summed E-state index contributed by atoms with van der Waals surface area (Å²) in [5.41, 5.74) is 2.13. The minimum atomic E-state index is 0. The predicted octanol–water partition coefficient (Wildman–Crippen LogP) is 3.23. The number of rotatable bonds is 7. The number of nitrogens with one attached hydrogen (secondary N) is 2. The Morgan fingerprint density at radius 3 is 2.68 bits per heavy atom. The van der Waals surface area contributed by atoms with Gasteiger partial charge in [-0.1, -0.05) is 35.9 Å². The normalized spacial score (nSPS) is 11.0. The van der Waals surface area contributed by atoms with E-state index in [1.54, 1.807) is 18.6 Å². The first-order valence-electron chi connectivity index (χ1n) is 8.83. The Balaban J connectivity index is 0.00000280. The van der Waals surface area contributed by atoms with Crippen LogP contribution in [0.5, 0.6) is 0 Å². The first-order chi connectivity index (χ1) is 13.3. The van der Waals surface area contributed by atoms with E-state index in [2.05, 4.69) is 30.8 Å². The molecule has 3 aromatic rings. The second-order valence-electron chi connectivity index (χ2n) is 5.81. The third-order valence-corrected chi connectivity index (χ3v) is 4.09. The summed E-state index contributed by atoms with van der Waals surface area (Å²) in [5.74, 6) is 1.52. The molecule has 0 radical (unpaired) electrons. The van der Waals surface area contributed by atoms with Crippen molar-refractivity contribution < 1.29 is 0 Å². The average Bonchev–Trinajstić information content (AvgIpc) is 3.17. The van der Waals surface area contributed by atoms with Gasteiger partial charge >= 0.3 is 0 Å². The fourth-order valence-corrected chi connectivity index (χ4v) is 2.65. The van der Waals surface area contributed by atoms with Crippen molar-refractivity contribution in [2.75, 3.05) is 13.1 Å². The van der Waals surface area contributed by atoms with Crippen molar-refractivity contribution in [2.45, 2.75) is 19.9 Å². The van der Waals surface area contributed by atoms with Crippen LogP contribution in [-0.2, 0) is 13.0 Å². The molecule has 0 aliphatic carbocycles. The molecule has 2 aromatic heterocycles. The van der Waals surface area contributed by atoms with E-state index in [-0.39, 0.29) is 24.0 Å². The molecule has 9 heteroatoms. The molecule has 0 aliphatic rings. The topological polar surface area (TPSA) is 80.0 Å². The van der Waals surface area contributed by atoms with Crippen LogP contribution < -0.4 is 10.6 Å². The number of nitrogens with zero attached hydrogens (tertiary/aromatic N) is 5. The van der Waals surface area contributed by atoms with Crippen molar-refractivity contribution in [3.63, 3.8) is 0 Å². The second-order valence-corrected chi connectivity index (χ2v) is 6.20. The fraction of sp³-hybridized carbons (Fsp3) is 0.263. The summed E-state index contributed by atoms with van der Waals surface area (Å²) < 4.78 is 1.94. The third-order valence-electron chi connectivity index (χ3n) is 3.87. The number of hydrogen-bond donors (Lipinski definition) is 2. The Morgan fingerprint density at radius 2 is 1.96 bits per heavy atom. The summed E-state index contributed by atoms with van der Waals surface area (Å²) >= 11 is 5.82. The van der Waals surface area contributed by atoms with Gasteiger partial charge in [-0.3, -0.25) is 4.57 Å². The fourth-order valence-electron chi connectivity index (χ4n) is 2.54. The van der Waals surface area contributed by atoms with Gasteiger partial charge in [-0.15, -0.1) is 34.2 Å². The van der Waals surface area contributed by atoms with Crippen LogP contribution in [0.3, 0.4) is 0 Å². The molecule has 0 fully saturated rings. The number of aromatic nitrogens is 4. The molecule has 1 aromatic carbocycles. The Bertz CT molecular complexity index is 866. The van der Waals surface area contributed by atoms with Crippen molar-refractivity contribution in [2.24, 2.45) is 4.99 Å². The van der Waals surface area contributed by atoms with Crippen molar-refractivity contribution in [1.29, 1.82) is 0 Å². The zero-order valence-corrected chi connectivity index (χ0v) is 18.6. The molecule has 3 rings (SSSR count). The maximum atomic E-state index is 5.82. The lowest BCUT2D eigenvalue weighted by atomic mass is 10.2. The average molecular weight is 512 g/mol. The quantitative estimate of drug-likeness (QED) is 0.220. The highest BCUT2D eigenvalue weighted by Gasteiger charge is 2.06. The second kappa shape index (κ2) is 11.6. The van der Waals surface area contributed by atoms with E-state index in [9.17, 15) is 0 Å². The van der Waals surface area contributed by atoms with Crippen LogP contribution in [0.4, 0.5) is 0 Å². The van der Waals surface area contributed by atoms with Gasteiger partial charge < -0.3 is 10.6 Å². The number of halogens is 2. The van der Waals surface area contributed by atoms with Gasteiger partial charge in [-0.05, 0) is 37.1 Å². The molecule has 148 valence electrons. The van der Waals surface area contributed by atoms with E-state index in [0.717, 1.165) is 42.5 Å². The SMILES string of the molecule is CCNC(=NCc1nncn1-c1ccccc1)NCCc1ccc(Cl)nc1.I. The number of aliphatic imine (C=N–C) groups is 1. The van der Waals surface area contributed by atoms with Crippen molar-refractivity contribution in [3.05, 3.63) is 71.5 Å². The van der Waals surface area contributed by atoms with Crippen molar-refractivity contribution in [3.8, 4) is 5.69 Å². The summed E-state index contributed by atoms with van der Waals surface area (Å²) in [5, 5.41) is 15.3. The van der Waals surface area contributed by atoms with Gasteiger partial charge in [0.1, 0.15) is 18.0 Å². The summed E-state index contributed by atoms with van der Waals surface area (Å²) in [4.78, 5) is 8.72. The first-order valence-corrected chi connectivity index (χ1v) is 9.21. The van der Waals surface area contributed by atoms with Crippen LogP contribution in [0.1, 0.15) is 18.3 Å². The zero-order chi connectivity index (χ0) is 18.9. The van der Waals surface area contributed by atoms with E-state index in [0.29, 0.717) is 11.7 Å². The van der Waals surface area contributed by atoms with Crippen LogP contribution in [-0.4, -0.2) is 38.8 Å². The Morgan fingerprint density at radius 1 is 1.14 bits per heavy atom. The molecule has 2 N–H and O–H groups in total. The Hall–Kier alpha value is -2.20. The lowest BCUT2D eigenvalue weighted by molar-refractivity contribution is 0.782. The van der Waals surface area contributed by atoms with Gasteiger partial charge in [0.25, 0.3) is 0 Å². The number of para-hydroxylation sites is 1. The molecule has 0 saturated carbocycles. The van der Waals surface area contributed by atoms with E-state index >= 15 is 0 Å². The van der Waals surface area contributed by atoms with E-state index in [1.165, 1.54) is 0 Å². The van der Waals surface area contributed by atoms with Gasteiger partial charge in [-0.25, -0.2) is 9.98 Å². The minimum absolute atomic E-state index is 0.